The maximum Gasteiger partial charge on any atom is 0.217 e. The molecule has 37 heavy (non-hydrogen) atoms. The molecule has 0 bridgehead atoms. The lowest BCUT2D eigenvalue weighted by atomic mass is 9.70. The molecule has 186 valence electrons. The summed E-state index contributed by atoms with van der Waals surface area (Å²) in [6.07, 6.45) is 0.839. The van der Waals surface area contributed by atoms with E-state index in [2.05, 4.69) is 116 Å². The summed E-state index contributed by atoms with van der Waals surface area (Å²) in [4.78, 5) is 7.23. The van der Waals surface area contributed by atoms with E-state index in [9.17, 15) is 0 Å². The van der Waals surface area contributed by atoms with Crippen LogP contribution < -0.4 is 4.74 Å². The van der Waals surface area contributed by atoms with Gasteiger partial charge in [0.1, 0.15) is 12.3 Å². The Labute approximate surface area is 218 Å². The van der Waals surface area contributed by atoms with E-state index < -0.39 is 5.60 Å². The van der Waals surface area contributed by atoms with Crippen LogP contribution in [0, 0.1) is 6.92 Å². The Bertz CT molecular complexity index is 1550. The van der Waals surface area contributed by atoms with E-state index in [-0.39, 0.29) is 5.92 Å². The van der Waals surface area contributed by atoms with Gasteiger partial charge in [-0.2, -0.15) is 0 Å². The van der Waals surface area contributed by atoms with Gasteiger partial charge in [0, 0.05) is 23.4 Å². The van der Waals surface area contributed by atoms with Crippen LogP contribution in [-0.2, 0) is 10.3 Å². The smallest absolute Gasteiger partial charge is 0.217 e. The molecule has 0 radical (unpaired) electrons. The van der Waals surface area contributed by atoms with Crippen LogP contribution in [0.3, 0.4) is 0 Å². The first kappa shape index (κ1) is 23.7. The molecule has 4 aromatic carbocycles. The summed E-state index contributed by atoms with van der Waals surface area (Å²) >= 11 is 0. The molecule has 0 amide bonds. The van der Waals surface area contributed by atoms with E-state index in [1.54, 1.807) is 7.11 Å². The second-order valence-electron chi connectivity index (χ2n) is 10.1. The summed E-state index contributed by atoms with van der Waals surface area (Å²) in [6.45, 7) is 3.60. The zero-order valence-electron chi connectivity index (χ0n) is 21.6. The highest BCUT2D eigenvalue weighted by Crippen LogP contribution is 2.52. The lowest BCUT2D eigenvalue weighted by Crippen LogP contribution is -2.47. The molecule has 4 heteroatoms. The standard InChI is InChI=1S/C33H32N2O2/c1-23-16-17-30-26(20-23)21-28(32(34-30)36-3)31(25-11-5-4-6-12-25)33(18-19-35(2)22-37-33)29-15-9-13-24-10-7-8-14-27(24)29/h4-17,20-21,31H,18-19,22H2,1-3H3. The summed E-state index contributed by atoms with van der Waals surface area (Å²) in [7, 11) is 3.83. The lowest BCUT2D eigenvalue weighted by Gasteiger charge is -2.47. The van der Waals surface area contributed by atoms with Gasteiger partial charge in [0.25, 0.3) is 0 Å². The van der Waals surface area contributed by atoms with Crippen LogP contribution >= 0.6 is 0 Å². The quantitative estimate of drug-likeness (QED) is 0.266. The summed E-state index contributed by atoms with van der Waals surface area (Å²) < 4.78 is 13.0. The van der Waals surface area contributed by atoms with Gasteiger partial charge >= 0.3 is 0 Å². The number of aromatic nitrogens is 1. The molecule has 1 aromatic heterocycles. The summed E-state index contributed by atoms with van der Waals surface area (Å²) in [5, 5.41) is 3.55. The van der Waals surface area contributed by atoms with Crippen molar-refractivity contribution in [2.24, 2.45) is 0 Å². The van der Waals surface area contributed by atoms with Crippen molar-refractivity contribution in [3.63, 3.8) is 0 Å². The molecule has 2 atom stereocenters. The Morgan fingerprint density at radius 3 is 2.46 bits per heavy atom. The van der Waals surface area contributed by atoms with E-state index in [4.69, 9.17) is 14.5 Å². The molecule has 0 N–H and O–H groups in total. The molecule has 2 heterocycles. The molecular formula is C33H32N2O2. The monoisotopic (exact) mass is 488 g/mol. The number of ether oxygens (including phenoxy) is 2. The van der Waals surface area contributed by atoms with Gasteiger partial charge in [-0.1, -0.05) is 84.4 Å². The summed E-state index contributed by atoms with van der Waals surface area (Å²) in [6, 6.07) is 34.5. The highest BCUT2D eigenvalue weighted by molar-refractivity contribution is 5.87. The van der Waals surface area contributed by atoms with Crippen molar-refractivity contribution in [1.82, 2.24) is 9.88 Å². The molecule has 5 aromatic rings. The highest BCUT2D eigenvalue weighted by atomic mass is 16.5. The van der Waals surface area contributed by atoms with Crippen molar-refractivity contribution in [3.05, 3.63) is 119 Å². The van der Waals surface area contributed by atoms with Crippen LogP contribution in [0.4, 0.5) is 0 Å². The van der Waals surface area contributed by atoms with E-state index in [0.29, 0.717) is 12.6 Å². The summed E-state index contributed by atoms with van der Waals surface area (Å²) in [5.41, 5.74) is 4.97. The fraction of sp³-hybridized carbons (Fsp3) is 0.242. The van der Waals surface area contributed by atoms with Crippen molar-refractivity contribution in [1.29, 1.82) is 0 Å². The molecule has 1 fully saturated rings. The minimum atomic E-state index is -0.610. The third-order valence-corrected chi connectivity index (χ3v) is 7.72. The van der Waals surface area contributed by atoms with Crippen LogP contribution in [-0.4, -0.2) is 37.3 Å². The zero-order chi connectivity index (χ0) is 25.4. The average molecular weight is 489 g/mol. The second kappa shape index (κ2) is 9.62. The van der Waals surface area contributed by atoms with Crippen molar-refractivity contribution in [2.75, 3.05) is 27.4 Å². The SMILES string of the molecule is COc1nc2ccc(C)cc2cc1C(c1ccccc1)C1(c2cccc3ccccc23)CCN(C)CO1. The number of aryl methyl sites for hydroxylation is 1. The Morgan fingerprint density at radius 1 is 0.892 bits per heavy atom. The van der Waals surface area contributed by atoms with Gasteiger partial charge in [-0.3, -0.25) is 4.90 Å². The minimum absolute atomic E-state index is 0.124. The third-order valence-electron chi connectivity index (χ3n) is 7.72. The molecular weight excluding hydrogens is 456 g/mol. The van der Waals surface area contributed by atoms with Gasteiger partial charge in [-0.15, -0.1) is 0 Å². The van der Waals surface area contributed by atoms with Crippen LogP contribution in [0.2, 0.25) is 0 Å². The molecule has 1 saturated heterocycles. The highest BCUT2D eigenvalue weighted by Gasteiger charge is 2.47. The van der Waals surface area contributed by atoms with E-state index in [1.807, 2.05) is 0 Å². The van der Waals surface area contributed by atoms with Crippen molar-refractivity contribution in [2.45, 2.75) is 24.9 Å². The minimum Gasteiger partial charge on any atom is -0.481 e. The molecule has 1 aliphatic heterocycles. The first-order valence-electron chi connectivity index (χ1n) is 12.9. The largest absolute Gasteiger partial charge is 0.481 e. The topological polar surface area (TPSA) is 34.6 Å². The number of hydrogen-bond donors (Lipinski definition) is 0. The number of hydrogen-bond acceptors (Lipinski definition) is 4. The fourth-order valence-electron chi connectivity index (χ4n) is 5.92. The predicted octanol–water partition coefficient (Wildman–Crippen LogP) is 7.04. The van der Waals surface area contributed by atoms with Crippen LogP contribution in [0.1, 0.15) is 34.6 Å². The molecule has 0 spiro atoms. The number of methoxy groups -OCH3 is 1. The van der Waals surface area contributed by atoms with Crippen molar-refractivity contribution < 1.29 is 9.47 Å². The predicted molar refractivity (Wildman–Crippen MR) is 150 cm³/mol. The van der Waals surface area contributed by atoms with Gasteiger partial charge in [0.15, 0.2) is 0 Å². The van der Waals surface area contributed by atoms with Gasteiger partial charge in [0.05, 0.1) is 12.6 Å². The van der Waals surface area contributed by atoms with E-state index in [0.717, 1.165) is 29.4 Å². The van der Waals surface area contributed by atoms with E-state index in [1.165, 1.54) is 27.5 Å². The number of pyridine rings is 1. The molecule has 4 nitrogen and oxygen atoms in total. The summed E-state index contributed by atoms with van der Waals surface area (Å²) in [5.74, 6) is 0.521. The zero-order valence-corrected chi connectivity index (χ0v) is 21.6. The maximum absolute atomic E-state index is 7.02. The Hall–Kier alpha value is -3.73. The third kappa shape index (κ3) is 4.16. The number of nitrogens with zero attached hydrogens (tertiary/aromatic N) is 2. The maximum atomic E-state index is 7.02. The number of fused-ring (bicyclic) bond motifs is 2. The molecule has 2 unspecified atom stereocenters. The number of benzene rings is 4. The van der Waals surface area contributed by atoms with Crippen LogP contribution in [0.5, 0.6) is 5.88 Å². The fourth-order valence-corrected chi connectivity index (χ4v) is 5.92. The average Bonchev–Trinajstić information content (AvgIpc) is 2.94. The molecule has 0 saturated carbocycles. The first-order valence-corrected chi connectivity index (χ1v) is 12.9. The second-order valence-corrected chi connectivity index (χ2v) is 10.1. The lowest BCUT2D eigenvalue weighted by molar-refractivity contribution is -0.145. The number of rotatable bonds is 5. The van der Waals surface area contributed by atoms with Gasteiger partial charge in [0.2, 0.25) is 5.88 Å². The Morgan fingerprint density at radius 2 is 1.68 bits per heavy atom. The molecule has 6 rings (SSSR count). The van der Waals surface area contributed by atoms with Gasteiger partial charge in [-0.05, 0) is 60.5 Å². The normalized spacial score (nSPS) is 19.2. The Kier molecular flexibility index (Phi) is 6.15. The van der Waals surface area contributed by atoms with Crippen LogP contribution in [0.25, 0.3) is 21.7 Å². The molecule has 0 aliphatic carbocycles. The van der Waals surface area contributed by atoms with Crippen molar-refractivity contribution >= 4 is 21.7 Å². The first-order chi connectivity index (χ1) is 18.1. The van der Waals surface area contributed by atoms with Crippen molar-refractivity contribution in [3.8, 4) is 5.88 Å². The van der Waals surface area contributed by atoms with Gasteiger partial charge in [-0.25, -0.2) is 4.98 Å². The molecule has 1 aliphatic rings. The van der Waals surface area contributed by atoms with Gasteiger partial charge < -0.3 is 9.47 Å². The Balaban J connectivity index is 1.68. The van der Waals surface area contributed by atoms with E-state index >= 15 is 0 Å². The van der Waals surface area contributed by atoms with Crippen LogP contribution in [0.15, 0.2) is 97.1 Å².